The maximum Gasteiger partial charge on any atom is 0.257 e. The molecular formula is C16H23ClN2O4S. The van der Waals surface area contributed by atoms with E-state index in [-0.39, 0.29) is 17.7 Å². The van der Waals surface area contributed by atoms with Gasteiger partial charge in [-0.25, -0.2) is 13.1 Å². The number of amides is 1. The van der Waals surface area contributed by atoms with E-state index < -0.39 is 10.0 Å². The summed E-state index contributed by atoms with van der Waals surface area (Å²) >= 11 is 5.99. The van der Waals surface area contributed by atoms with E-state index in [1.807, 2.05) is 6.92 Å². The molecule has 1 aromatic rings. The molecule has 134 valence electrons. The Morgan fingerprint density at radius 3 is 2.88 bits per heavy atom. The summed E-state index contributed by atoms with van der Waals surface area (Å²) in [5.74, 6) is 0.353. The zero-order chi connectivity index (χ0) is 17.7. The Balaban J connectivity index is 2.12. The highest BCUT2D eigenvalue weighted by Gasteiger charge is 2.28. The number of ether oxygens (including phenoxy) is 1. The van der Waals surface area contributed by atoms with Crippen molar-refractivity contribution in [1.82, 2.24) is 9.62 Å². The van der Waals surface area contributed by atoms with Crippen LogP contribution in [0.4, 0.5) is 0 Å². The second kappa shape index (κ2) is 8.18. The molecule has 1 fully saturated rings. The molecule has 0 saturated carbocycles. The maximum absolute atomic E-state index is 12.8. The lowest BCUT2D eigenvalue weighted by Crippen LogP contribution is -2.50. The van der Waals surface area contributed by atoms with Crippen molar-refractivity contribution >= 4 is 27.5 Å². The molecule has 1 amide bonds. The topological polar surface area (TPSA) is 75.7 Å². The van der Waals surface area contributed by atoms with Crippen LogP contribution in [0.15, 0.2) is 18.2 Å². The van der Waals surface area contributed by atoms with E-state index in [0.29, 0.717) is 35.8 Å². The van der Waals surface area contributed by atoms with Crippen LogP contribution < -0.4 is 9.46 Å². The van der Waals surface area contributed by atoms with Crippen LogP contribution in [0, 0.1) is 0 Å². The smallest absolute Gasteiger partial charge is 0.257 e. The molecule has 0 unspecified atom stereocenters. The molecular weight excluding hydrogens is 352 g/mol. The quantitative estimate of drug-likeness (QED) is 0.828. The van der Waals surface area contributed by atoms with Crippen molar-refractivity contribution < 1.29 is 17.9 Å². The molecule has 0 aliphatic carbocycles. The highest BCUT2D eigenvalue weighted by atomic mass is 35.5. The van der Waals surface area contributed by atoms with Gasteiger partial charge in [0.05, 0.1) is 18.4 Å². The highest BCUT2D eigenvalue weighted by molar-refractivity contribution is 7.89. The molecule has 1 aliphatic rings. The van der Waals surface area contributed by atoms with Crippen LogP contribution in [0.5, 0.6) is 5.75 Å². The fourth-order valence-corrected chi connectivity index (χ4v) is 4.38. The minimum absolute atomic E-state index is 0.0968. The van der Waals surface area contributed by atoms with Crippen LogP contribution in [0.1, 0.15) is 36.5 Å². The van der Waals surface area contributed by atoms with E-state index in [2.05, 4.69) is 4.72 Å². The molecule has 1 N–H and O–H groups in total. The molecule has 24 heavy (non-hydrogen) atoms. The van der Waals surface area contributed by atoms with E-state index in [9.17, 15) is 13.2 Å². The van der Waals surface area contributed by atoms with Crippen molar-refractivity contribution in [2.24, 2.45) is 0 Å². The SMILES string of the molecule is CCCS(=O)(=O)N[C@H]1CCCN(C(=O)c2cc(Cl)ccc2OC)C1. The first-order valence-corrected chi connectivity index (χ1v) is 10.0. The average molecular weight is 375 g/mol. The van der Waals surface area contributed by atoms with Gasteiger partial charge in [0, 0.05) is 24.2 Å². The third kappa shape index (κ3) is 4.84. The number of hydrogen-bond acceptors (Lipinski definition) is 4. The molecule has 1 aliphatic heterocycles. The summed E-state index contributed by atoms with van der Waals surface area (Å²) in [6.07, 6.45) is 2.03. The fourth-order valence-electron chi connectivity index (χ4n) is 2.86. The summed E-state index contributed by atoms with van der Waals surface area (Å²) in [5.41, 5.74) is 0.391. The van der Waals surface area contributed by atoms with Gasteiger partial charge in [-0.2, -0.15) is 0 Å². The van der Waals surface area contributed by atoms with Crippen molar-refractivity contribution in [3.05, 3.63) is 28.8 Å². The number of hydrogen-bond donors (Lipinski definition) is 1. The van der Waals surface area contributed by atoms with Gasteiger partial charge in [-0.05, 0) is 37.5 Å². The first-order chi connectivity index (χ1) is 11.4. The fraction of sp³-hybridized carbons (Fsp3) is 0.562. The van der Waals surface area contributed by atoms with E-state index >= 15 is 0 Å². The Labute approximate surface area is 148 Å². The molecule has 0 radical (unpaired) electrons. The summed E-state index contributed by atoms with van der Waals surface area (Å²) in [7, 11) is -1.80. The van der Waals surface area contributed by atoms with Crippen LogP contribution in [-0.4, -0.2) is 51.2 Å². The summed E-state index contributed by atoms with van der Waals surface area (Å²) in [6, 6.07) is 4.63. The molecule has 1 atom stereocenters. The average Bonchev–Trinajstić information content (AvgIpc) is 2.53. The summed E-state index contributed by atoms with van der Waals surface area (Å²) in [6.45, 7) is 2.75. The Bertz CT molecular complexity index is 693. The molecule has 0 aromatic heterocycles. The number of methoxy groups -OCH3 is 1. The van der Waals surface area contributed by atoms with Gasteiger partial charge in [0.15, 0.2) is 0 Å². The number of benzene rings is 1. The Kier molecular flexibility index (Phi) is 6.48. The van der Waals surface area contributed by atoms with Gasteiger partial charge < -0.3 is 9.64 Å². The number of nitrogens with one attached hydrogen (secondary N) is 1. The molecule has 0 spiro atoms. The van der Waals surface area contributed by atoms with Gasteiger partial charge in [0.1, 0.15) is 5.75 Å². The molecule has 6 nitrogen and oxygen atoms in total. The highest BCUT2D eigenvalue weighted by Crippen LogP contribution is 2.25. The predicted octanol–water partition coefficient (Wildman–Crippen LogP) is 2.28. The van der Waals surface area contributed by atoms with Crippen molar-refractivity contribution in [1.29, 1.82) is 0 Å². The third-order valence-electron chi connectivity index (χ3n) is 3.92. The molecule has 0 bridgehead atoms. The summed E-state index contributed by atoms with van der Waals surface area (Å²) < 4.78 is 31.8. The van der Waals surface area contributed by atoms with Gasteiger partial charge >= 0.3 is 0 Å². The maximum atomic E-state index is 12.8. The normalized spacial score (nSPS) is 18.5. The lowest BCUT2D eigenvalue weighted by atomic mass is 10.0. The number of sulfonamides is 1. The molecule has 1 aromatic carbocycles. The number of rotatable bonds is 6. The van der Waals surface area contributed by atoms with Crippen molar-refractivity contribution in [2.45, 2.75) is 32.2 Å². The van der Waals surface area contributed by atoms with E-state index in [1.165, 1.54) is 7.11 Å². The van der Waals surface area contributed by atoms with Gasteiger partial charge in [-0.1, -0.05) is 18.5 Å². The minimum atomic E-state index is -3.30. The first-order valence-electron chi connectivity index (χ1n) is 7.99. The van der Waals surface area contributed by atoms with Crippen LogP contribution >= 0.6 is 11.6 Å². The van der Waals surface area contributed by atoms with Gasteiger partial charge in [-0.3, -0.25) is 4.79 Å². The summed E-state index contributed by atoms with van der Waals surface area (Å²) in [5, 5.41) is 0.455. The Morgan fingerprint density at radius 2 is 2.21 bits per heavy atom. The predicted molar refractivity (Wildman–Crippen MR) is 94.1 cm³/mol. The molecule has 1 saturated heterocycles. The van der Waals surface area contributed by atoms with Crippen molar-refractivity contribution in [3.63, 3.8) is 0 Å². The largest absolute Gasteiger partial charge is 0.496 e. The standard InChI is InChI=1S/C16H23ClN2O4S/c1-3-9-24(21,22)18-13-5-4-8-19(11-13)16(20)14-10-12(17)6-7-15(14)23-2/h6-7,10,13,18H,3-5,8-9,11H2,1-2H3/t13-/m0/s1. The van der Waals surface area contributed by atoms with Crippen LogP contribution in [-0.2, 0) is 10.0 Å². The molecule has 2 rings (SSSR count). The van der Waals surface area contributed by atoms with Gasteiger partial charge in [0.25, 0.3) is 5.91 Å². The van der Waals surface area contributed by atoms with Crippen molar-refractivity contribution in [3.8, 4) is 5.75 Å². The second-order valence-electron chi connectivity index (χ2n) is 5.87. The monoisotopic (exact) mass is 374 g/mol. The van der Waals surface area contributed by atoms with Crippen molar-refractivity contribution in [2.75, 3.05) is 26.0 Å². The lowest BCUT2D eigenvalue weighted by Gasteiger charge is -2.33. The second-order valence-corrected chi connectivity index (χ2v) is 8.18. The number of carbonyl (C=O) groups excluding carboxylic acids is 1. The number of halogens is 1. The third-order valence-corrected chi connectivity index (χ3v) is 5.79. The lowest BCUT2D eigenvalue weighted by molar-refractivity contribution is 0.0699. The van der Waals surface area contributed by atoms with E-state index in [4.69, 9.17) is 16.3 Å². The summed E-state index contributed by atoms with van der Waals surface area (Å²) in [4.78, 5) is 14.4. The zero-order valence-electron chi connectivity index (χ0n) is 13.9. The number of carbonyl (C=O) groups is 1. The van der Waals surface area contributed by atoms with Gasteiger partial charge in [0.2, 0.25) is 10.0 Å². The van der Waals surface area contributed by atoms with Crippen LogP contribution in [0.2, 0.25) is 5.02 Å². The van der Waals surface area contributed by atoms with Crippen LogP contribution in [0.3, 0.4) is 0 Å². The Morgan fingerprint density at radius 1 is 1.46 bits per heavy atom. The zero-order valence-corrected chi connectivity index (χ0v) is 15.5. The van der Waals surface area contributed by atoms with Crippen LogP contribution in [0.25, 0.3) is 0 Å². The van der Waals surface area contributed by atoms with E-state index in [0.717, 1.165) is 12.8 Å². The number of nitrogens with zero attached hydrogens (tertiary/aromatic N) is 1. The van der Waals surface area contributed by atoms with E-state index in [1.54, 1.807) is 23.1 Å². The number of likely N-dealkylation sites (tertiary alicyclic amines) is 1. The number of piperidine rings is 1. The molecule has 1 heterocycles. The van der Waals surface area contributed by atoms with Gasteiger partial charge in [-0.15, -0.1) is 0 Å². The Hall–Kier alpha value is -1.31. The minimum Gasteiger partial charge on any atom is -0.496 e. The molecule has 8 heteroatoms. The first kappa shape index (κ1) is 19.0.